The standard InChI is InChI=1S/C8H13O/c1-7(6-9)2-3-8-4-5-8/h7-8H,2-5H2,1H3. The van der Waals surface area contributed by atoms with Gasteiger partial charge in [0.2, 0.25) is 6.29 Å². The molecule has 0 saturated heterocycles. The number of hydrogen-bond acceptors (Lipinski definition) is 1. The van der Waals surface area contributed by atoms with Gasteiger partial charge in [0.05, 0.1) is 0 Å². The topological polar surface area (TPSA) is 17.1 Å². The summed E-state index contributed by atoms with van der Waals surface area (Å²) in [6.45, 7) is 1.94. The second-order valence-corrected chi connectivity index (χ2v) is 3.04. The van der Waals surface area contributed by atoms with Gasteiger partial charge >= 0.3 is 0 Å². The molecule has 0 heterocycles. The lowest BCUT2D eigenvalue weighted by Gasteiger charge is -1.98. The first-order valence-electron chi connectivity index (χ1n) is 3.70. The Morgan fingerprint density at radius 1 is 1.67 bits per heavy atom. The highest BCUT2D eigenvalue weighted by molar-refractivity contribution is 5.53. The van der Waals surface area contributed by atoms with Gasteiger partial charge in [-0.2, -0.15) is 0 Å². The molecular weight excluding hydrogens is 112 g/mol. The summed E-state index contributed by atoms with van der Waals surface area (Å²) in [4.78, 5) is 10.0. The van der Waals surface area contributed by atoms with Gasteiger partial charge in [-0.15, -0.1) is 0 Å². The van der Waals surface area contributed by atoms with Crippen molar-refractivity contribution in [1.29, 1.82) is 0 Å². The molecule has 1 heteroatoms. The summed E-state index contributed by atoms with van der Waals surface area (Å²) in [6.07, 6.45) is 7.08. The molecule has 1 atom stereocenters. The van der Waals surface area contributed by atoms with E-state index in [9.17, 15) is 4.79 Å². The molecule has 1 aliphatic rings. The van der Waals surface area contributed by atoms with Crippen LogP contribution in [0, 0.1) is 11.8 Å². The smallest absolute Gasteiger partial charge is 0.201 e. The van der Waals surface area contributed by atoms with E-state index in [2.05, 4.69) is 0 Å². The van der Waals surface area contributed by atoms with Crippen LogP contribution in [0.3, 0.4) is 0 Å². The average Bonchev–Trinajstić information content (AvgIpc) is 2.65. The van der Waals surface area contributed by atoms with E-state index >= 15 is 0 Å². The Hall–Kier alpha value is -0.330. The molecule has 0 aromatic heterocycles. The molecule has 1 nitrogen and oxygen atoms in total. The molecule has 0 bridgehead atoms. The predicted molar refractivity (Wildman–Crippen MR) is 36.8 cm³/mol. The minimum absolute atomic E-state index is 0.172. The molecule has 51 valence electrons. The normalized spacial score (nSPS) is 21.4. The van der Waals surface area contributed by atoms with Crippen LogP contribution in [0.4, 0.5) is 0 Å². The summed E-state index contributed by atoms with van der Waals surface area (Å²) in [5.41, 5.74) is 0. The van der Waals surface area contributed by atoms with Gasteiger partial charge in [-0.3, -0.25) is 4.79 Å². The van der Waals surface area contributed by atoms with Crippen molar-refractivity contribution >= 4 is 6.29 Å². The first-order valence-corrected chi connectivity index (χ1v) is 3.70. The van der Waals surface area contributed by atoms with Crippen molar-refractivity contribution in [2.45, 2.75) is 32.6 Å². The molecule has 1 rings (SSSR count). The molecule has 1 radical (unpaired) electrons. The van der Waals surface area contributed by atoms with Crippen LogP contribution in [0.2, 0.25) is 0 Å². The summed E-state index contributed by atoms with van der Waals surface area (Å²) in [6, 6.07) is 0. The lowest BCUT2D eigenvalue weighted by molar-refractivity contribution is 0.505. The van der Waals surface area contributed by atoms with Crippen LogP contribution in [0.5, 0.6) is 0 Å². The van der Waals surface area contributed by atoms with E-state index < -0.39 is 0 Å². The second kappa shape index (κ2) is 3.00. The first-order chi connectivity index (χ1) is 4.33. The van der Waals surface area contributed by atoms with Crippen LogP contribution in [0.25, 0.3) is 0 Å². The highest BCUT2D eigenvalue weighted by Gasteiger charge is 2.21. The van der Waals surface area contributed by atoms with E-state index in [1.54, 1.807) is 0 Å². The van der Waals surface area contributed by atoms with Crippen molar-refractivity contribution in [3.63, 3.8) is 0 Å². The molecule has 0 aliphatic heterocycles. The van der Waals surface area contributed by atoms with Crippen molar-refractivity contribution in [1.82, 2.24) is 0 Å². The zero-order valence-corrected chi connectivity index (χ0v) is 5.89. The van der Waals surface area contributed by atoms with Crippen LogP contribution in [-0.4, -0.2) is 6.29 Å². The van der Waals surface area contributed by atoms with E-state index in [0.717, 1.165) is 12.3 Å². The largest absolute Gasteiger partial charge is 0.291 e. The molecule has 1 fully saturated rings. The Kier molecular flexibility index (Phi) is 2.26. The Morgan fingerprint density at radius 2 is 2.33 bits per heavy atom. The Balaban J connectivity index is 1.95. The van der Waals surface area contributed by atoms with Crippen molar-refractivity contribution in [2.24, 2.45) is 11.8 Å². The Labute approximate surface area is 56.4 Å². The Bertz CT molecular complexity index is 94.7. The number of hydrogen-bond donors (Lipinski definition) is 0. The molecule has 0 N–H and O–H groups in total. The van der Waals surface area contributed by atoms with E-state index in [0.29, 0.717) is 0 Å². The molecule has 9 heavy (non-hydrogen) atoms. The maximum Gasteiger partial charge on any atom is 0.201 e. The van der Waals surface area contributed by atoms with Crippen molar-refractivity contribution in [2.75, 3.05) is 0 Å². The highest BCUT2D eigenvalue weighted by atomic mass is 16.1. The van der Waals surface area contributed by atoms with Crippen LogP contribution in [0.15, 0.2) is 0 Å². The lowest BCUT2D eigenvalue weighted by atomic mass is 10.1. The molecule has 0 spiro atoms. The fourth-order valence-electron chi connectivity index (χ4n) is 0.951. The predicted octanol–water partition coefficient (Wildman–Crippen LogP) is 1.92. The zero-order chi connectivity index (χ0) is 6.69. The van der Waals surface area contributed by atoms with E-state index in [4.69, 9.17) is 0 Å². The SMILES string of the molecule is CC([C]=O)CCC1CC1. The molecule has 0 amide bonds. The molecule has 0 aromatic rings. The summed E-state index contributed by atoms with van der Waals surface area (Å²) in [5, 5.41) is 0. The fourth-order valence-corrected chi connectivity index (χ4v) is 0.951. The molecule has 0 aromatic carbocycles. The monoisotopic (exact) mass is 125 g/mol. The second-order valence-electron chi connectivity index (χ2n) is 3.04. The van der Waals surface area contributed by atoms with Crippen molar-refractivity contribution in [3.05, 3.63) is 0 Å². The van der Waals surface area contributed by atoms with Gasteiger partial charge in [0.1, 0.15) is 0 Å². The summed E-state index contributed by atoms with van der Waals surface area (Å²) < 4.78 is 0. The van der Waals surface area contributed by atoms with Gasteiger partial charge in [0.15, 0.2) is 0 Å². The zero-order valence-electron chi connectivity index (χ0n) is 5.89. The van der Waals surface area contributed by atoms with Gasteiger partial charge in [0, 0.05) is 5.92 Å². The highest BCUT2D eigenvalue weighted by Crippen LogP contribution is 2.34. The Morgan fingerprint density at radius 3 is 2.78 bits per heavy atom. The third-order valence-electron chi connectivity index (χ3n) is 1.91. The third kappa shape index (κ3) is 2.64. The first kappa shape index (κ1) is 6.79. The molecule has 1 aliphatic carbocycles. The maximum atomic E-state index is 10.0. The van der Waals surface area contributed by atoms with Crippen molar-refractivity contribution in [3.8, 4) is 0 Å². The van der Waals surface area contributed by atoms with Gasteiger partial charge in [-0.25, -0.2) is 0 Å². The van der Waals surface area contributed by atoms with Crippen LogP contribution < -0.4 is 0 Å². The van der Waals surface area contributed by atoms with E-state index in [1.165, 1.54) is 19.3 Å². The van der Waals surface area contributed by atoms with Crippen LogP contribution in [0.1, 0.15) is 32.6 Å². The minimum Gasteiger partial charge on any atom is -0.291 e. The van der Waals surface area contributed by atoms with E-state index in [1.807, 2.05) is 13.2 Å². The lowest BCUT2D eigenvalue weighted by Crippen LogP contribution is -1.95. The minimum atomic E-state index is 0.172. The number of rotatable bonds is 4. The van der Waals surface area contributed by atoms with Gasteiger partial charge < -0.3 is 0 Å². The van der Waals surface area contributed by atoms with Crippen LogP contribution in [-0.2, 0) is 4.79 Å². The maximum absolute atomic E-state index is 10.0. The van der Waals surface area contributed by atoms with Crippen molar-refractivity contribution < 1.29 is 4.79 Å². The fraction of sp³-hybridized carbons (Fsp3) is 0.875. The van der Waals surface area contributed by atoms with Gasteiger partial charge in [-0.1, -0.05) is 19.8 Å². The molecule has 1 unspecified atom stereocenters. The molecular formula is C8H13O. The van der Waals surface area contributed by atoms with Gasteiger partial charge in [0.25, 0.3) is 0 Å². The average molecular weight is 125 g/mol. The van der Waals surface area contributed by atoms with Gasteiger partial charge in [-0.05, 0) is 18.8 Å². The summed E-state index contributed by atoms with van der Waals surface area (Å²) in [7, 11) is 0. The number of carbonyl (C=O) groups excluding carboxylic acids is 1. The third-order valence-corrected chi connectivity index (χ3v) is 1.91. The summed E-state index contributed by atoms with van der Waals surface area (Å²) in [5.74, 6) is 1.13. The van der Waals surface area contributed by atoms with Crippen LogP contribution >= 0.6 is 0 Å². The quantitative estimate of drug-likeness (QED) is 0.561. The van der Waals surface area contributed by atoms with E-state index in [-0.39, 0.29) is 5.92 Å². The summed E-state index contributed by atoms with van der Waals surface area (Å²) >= 11 is 0. The molecule has 1 saturated carbocycles.